The van der Waals surface area contributed by atoms with Crippen LogP contribution in [0.5, 0.6) is 0 Å². The van der Waals surface area contributed by atoms with Gasteiger partial charge in [0.15, 0.2) is 0 Å². The van der Waals surface area contributed by atoms with Crippen LogP contribution in [-0.4, -0.2) is 65.9 Å². The smallest absolute Gasteiger partial charge is 0.236 e. The lowest BCUT2D eigenvalue weighted by Gasteiger charge is -2.41. The van der Waals surface area contributed by atoms with Gasteiger partial charge in [0.1, 0.15) is 0 Å². The molecule has 2 heterocycles. The molecule has 1 saturated carbocycles. The van der Waals surface area contributed by atoms with Crippen LogP contribution in [0.25, 0.3) is 11.1 Å². The maximum absolute atomic E-state index is 13.0. The van der Waals surface area contributed by atoms with Crippen molar-refractivity contribution in [1.29, 1.82) is 0 Å². The number of carbonyl (C=O) groups is 1. The number of piperazine rings is 1. The number of benzene rings is 2. The topological polar surface area (TPSA) is 26.8 Å². The molecule has 0 aromatic heterocycles. The van der Waals surface area contributed by atoms with Crippen LogP contribution in [0.15, 0.2) is 42.5 Å². The van der Waals surface area contributed by atoms with Crippen LogP contribution in [0.2, 0.25) is 5.02 Å². The van der Waals surface area contributed by atoms with Gasteiger partial charge in [0, 0.05) is 50.3 Å². The first-order valence-electron chi connectivity index (χ1n) is 12.3. The van der Waals surface area contributed by atoms with Crippen molar-refractivity contribution in [3.05, 3.63) is 58.6 Å². The van der Waals surface area contributed by atoms with Crippen molar-refractivity contribution in [1.82, 2.24) is 14.7 Å². The Kier molecular flexibility index (Phi) is 6.82. The SMILES string of the molecule is O=C(CN1CCc2cc(-c3ccc(Cl)cc3)ccc2C1)N1CCN(C2CCCCC2)CC1. The minimum atomic E-state index is 0.300. The average Bonchev–Trinajstić information content (AvgIpc) is 2.85. The summed E-state index contributed by atoms with van der Waals surface area (Å²) in [5.74, 6) is 0.300. The Morgan fingerprint density at radius 1 is 0.844 bits per heavy atom. The van der Waals surface area contributed by atoms with Crippen molar-refractivity contribution >= 4 is 17.5 Å². The van der Waals surface area contributed by atoms with Crippen molar-refractivity contribution in [2.75, 3.05) is 39.3 Å². The molecule has 0 bridgehead atoms. The predicted molar refractivity (Wildman–Crippen MR) is 131 cm³/mol. The second-order valence-electron chi connectivity index (χ2n) is 9.66. The fourth-order valence-corrected chi connectivity index (χ4v) is 5.77. The van der Waals surface area contributed by atoms with E-state index < -0.39 is 0 Å². The molecule has 3 aliphatic rings. The number of rotatable bonds is 4. The summed E-state index contributed by atoms with van der Waals surface area (Å²) < 4.78 is 0. The average molecular weight is 452 g/mol. The summed E-state index contributed by atoms with van der Waals surface area (Å²) in [6.07, 6.45) is 7.85. The van der Waals surface area contributed by atoms with Crippen molar-refractivity contribution in [2.45, 2.75) is 51.1 Å². The zero-order valence-electron chi connectivity index (χ0n) is 18.9. The van der Waals surface area contributed by atoms with Crippen molar-refractivity contribution in [3.8, 4) is 11.1 Å². The van der Waals surface area contributed by atoms with Crippen LogP contribution in [0.3, 0.4) is 0 Å². The molecule has 2 aromatic carbocycles. The van der Waals surface area contributed by atoms with Gasteiger partial charge in [-0.2, -0.15) is 0 Å². The summed E-state index contributed by atoms with van der Waals surface area (Å²) in [7, 11) is 0. The minimum absolute atomic E-state index is 0.300. The van der Waals surface area contributed by atoms with Gasteiger partial charge in [-0.05, 0) is 53.6 Å². The molecule has 32 heavy (non-hydrogen) atoms. The Morgan fingerprint density at radius 3 is 2.31 bits per heavy atom. The Hall–Kier alpha value is -1.88. The number of halogens is 1. The second kappa shape index (κ2) is 9.94. The van der Waals surface area contributed by atoms with E-state index in [0.29, 0.717) is 12.5 Å². The first-order valence-corrected chi connectivity index (χ1v) is 12.7. The second-order valence-corrected chi connectivity index (χ2v) is 10.1. The van der Waals surface area contributed by atoms with E-state index in [2.05, 4.69) is 45.0 Å². The molecule has 1 aliphatic carbocycles. The van der Waals surface area contributed by atoms with Crippen molar-refractivity contribution in [3.63, 3.8) is 0 Å². The third-order valence-electron chi connectivity index (χ3n) is 7.59. The van der Waals surface area contributed by atoms with E-state index in [0.717, 1.165) is 56.8 Å². The van der Waals surface area contributed by atoms with E-state index in [1.54, 1.807) is 0 Å². The third kappa shape index (κ3) is 5.03. The highest BCUT2D eigenvalue weighted by Gasteiger charge is 2.28. The number of hydrogen-bond acceptors (Lipinski definition) is 3. The molecule has 0 spiro atoms. The highest BCUT2D eigenvalue weighted by molar-refractivity contribution is 6.30. The molecular formula is C27H34ClN3O. The summed E-state index contributed by atoms with van der Waals surface area (Å²) in [6.45, 7) is 6.24. The highest BCUT2D eigenvalue weighted by Crippen LogP contribution is 2.28. The summed E-state index contributed by atoms with van der Waals surface area (Å²) in [6, 6.07) is 15.5. The van der Waals surface area contributed by atoms with Crippen LogP contribution in [0, 0.1) is 0 Å². The first-order chi connectivity index (χ1) is 15.7. The highest BCUT2D eigenvalue weighted by atomic mass is 35.5. The molecule has 4 nitrogen and oxygen atoms in total. The fourth-order valence-electron chi connectivity index (χ4n) is 5.64. The predicted octanol–water partition coefficient (Wildman–Crippen LogP) is 4.84. The van der Waals surface area contributed by atoms with Gasteiger partial charge in [0.2, 0.25) is 5.91 Å². The molecule has 1 saturated heterocycles. The molecule has 0 N–H and O–H groups in total. The van der Waals surface area contributed by atoms with E-state index >= 15 is 0 Å². The Balaban J connectivity index is 1.14. The van der Waals surface area contributed by atoms with Gasteiger partial charge in [-0.15, -0.1) is 0 Å². The van der Waals surface area contributed by atoms with Crippen LogP contribution in [-0.2, 0) is 17.8 Å². The van der Waals surface area contributed by atoms with Crippen molar-refractivity contribution in [2.24, 2.45) is 0 Å². The number of amides is 1. The minimum Gasteiger partial charge on any atom is -0.339 e. The molecular weight excluding hydrogens is 418 g/mol. The van der Waals surface area contributed by atoms with Gasteiger partial charge in [-0.1, -0.05) is 61.2 Å². The van der Waals surface area contributed by atoms with E-state index in [-0.39, 0.29) is 0 Å². The number of carbonyl (C=O) groups excluding carboxylic acids is 1. The van der Waals surface area contributed by atoms with E-state index in [9.17, 15) is 4.79 Å². The molecule has 2 aromatic rings. The van der Waals surface area contributed by atoms with Crippen LogP contribution in [0.1, 0.15) is 43.2 Å². The molecule has 170 valence electrons. The van der Waals surface area contributed by atoms with E-state index in [1.807, 2.05) is 12.1 Å². The monoisotopic (exact) mass is 451 g/mol. The van der Waals surface area contributed by atoms with Crippen LogP contribution >= 0.6 is 11.6 Å². The lowest BCUT2D eigenvalue weighted by molar-refractivity contribution is -0.134. The normalized spacial score (nSPS) is 20.8. The standard InChI is InChI=1S/C27H34ClN3O/c28-25-10-8-21(9-11-25)22-6-7-24-19-29(13-12-23(24)18-22)20-27(32)31-16-14-30(15-17-31)26-4-2-1-3-5-26/h6-11,18,26H,1-5,12-17,19-20H2. The molecule has 0 radical (unpaired) electrons. The molecule has 0 atom stereocenters. The summed E-state index contributed by atoms with van der Waals surface area (Å²) >= 11 is 6.03. The largest absolute Gasteiger partial charge is 0.339 e. The zero-order valence-corrected chi connectivity index (χ0v) is 19.7. The van der Waals surface area contributed by atoms with Gasteiger partial charge >= 0.3 is 0 Å². The van der Waals surface area contributed by atoms with Crippen LogP contribution in [0.4, 0.5) is 0 Å². The van der Waals surface area contributed by atoms with Gasteiger partial charge in [-0.25, -0.2) is 0 Å². The molecule has 5 rings (SSSR count). The fraction of sp³-hybridized carbons (Fsp3) is 0.519. The summed E-state index contributed by atoms with van der Waals surface area (Å²) in [5, 5.41) is 0.766. The summed E-state index contributed by atoms with van der Waals surface area (Å²) in [4.78, 5) is 20.0. The Labute approximate surface area is 197 Å². The van der Waals surface area contributed by atoms with Crippen LogP contribution < -0.4 is 0 Å². The molecule has 2 fully saturated rings. The molecule has 2 aliphatic heterocycles. The first kappa shape index (κ1) is 21.9. The van der Waals surface area contributed by atoms with Gasteiger partial charge in [0.05, 0.1) is 6.54 Å². The Bertz CT molecular complexity index is 930. The molecule has 5 heteroatoms. The third-order valence-corrected chi connectivity index (χ3v) is 7.84. The van der Waals surface area contributed by atoms with E-state index in [4.69, 9.17) is 11.6 Å². The molecule has 1 amide bonds. The van der Waals surface area contributed by atoms with Crippen molar-refractivity contribution < 1.29 is 4.79 Å². The number of hydrogen-bond donors (Lipinski definition) is 0. The lowest BCUT2D eigenvalue weighted by Crippen LogP contribution is -2.54. The number of nitrogens with zero attached hydrogens (tertiary/aromatic N) is 3. The molecule has 0 unspecified atom stereocenters. The lowest BCUT2D eigenvalue weighted by atomic mass is 9.94. The van der Waals surface area contributed by atoms with E-state index in [1.165, 1.54) is 54.4 Å². The Morgan fingerprint density at radius 2 is 1.56 bits per heavy atom. The maximum Gasteiger partial charge on any atom is 0.236 e. The quantitative estimate of drug-likeness (QED) is 0.665. The number of fused-ring (bicyclic) bond motifs is 1. The summed E-state index contributed by atoms with van der Waals surface area (Å²) in [5.41, 5.74) is 5.19. The van der Waals surface area contributed by atoms with Gasteiger partial charge in [-0.3, -0.25) is 14.6 Å². The van der Waals surface area contributed by atoms with Gasteiger partial charge in [0.25, 0.3) is 0 Å². The zero-order chi connectivity index (χ0) is 21.9. The maximum atomic E-state index is 13.0. The van der Waals surface area contributed by atoms with Gasteiger partial charge < -0.3 is 4.90 Å².